The van der Waals surface area contributed by atoms with Crippen molar-refractivity contribution in [1.29, 1.82) is 0 Å². The topological polar surface area (TPSA) is 75.6 Å². The number of carbonyl (C=O) groups excluding carboxylic acids is 1. The van der Waals surface area contributed by atoms with Gasteiger partial charge in [-0.1, -0.05) is 6.08 Å². The molecule has 0 radical (unpaired) electrons. The van der Waals surface area contributed by atoms with E-state index >= 15 is 0 Å². The third kappa shape index (κ3) is 8.80. The van der Waals surface area contributed by atoms with Gasteiger partial charge in [0.15, 0.2) is 0 Å². The highest BCUT2D eigenvalue weighted by Crippen LogP contribution is 2.06. The van der Waals surface area contributed by atoms with Crippen molar-refractivity contribution in [1.82, 2.24) is 5.32 Å². The van der Waals surface area contributed by atoms with Crippen LogP contribution in [0.5, 0.6) is 0 Å². The zero-order valence-electron chi connectivity index (χ0n) is 9.40. The molecular weight excluding hydrogens is 198 g/mol. The van der Waals surface area contributed by atoms with Crippen molar-refractivity contribution in [2.45, 2.75) is 39.3 Å². The Hall–Kier alpha value is -1.52. The standard InChI is InChI=1S/C10H17NO4/c1-7(5-6-8(12)13)11-9(14)15-10(2,3)4/h5-7H,1-4H3,(H,11,14)(H,12,13)/t7-/m1/s1. The van der Waals surface area contributed by atoms with Crippen LogP contribution in [0.15, 0.2) is 12.2 Å². The van der Waals surface area contributed by atoms with Gasteiger partial charge in [-0.2, -0.15) is 0 Å². The summed E-state index contributed by atoms with van der Waals surface area (Å²) in [6.45, 7) is 6.92. The molecule has 0 spiro atoms. The number of carbonyl (C=O) groups is 2. The molecule has 86 valence electrons. The Labute approximate surface area is 89.1 Å². The maximum absolute atomic E-state index is 11.2. The van der Waals surface area contributed by atoms with Crippen molar-refractivity contribution in [2.75, 3.05) is 0 Å². The molecule has 5 heteroatoms. The number of aliphatic carboxylic acids is 1. The molecule has 0 saturated carbocycles. The van der Waals surface area contributed by atoms with Gasteiger partial charge in [0.05, 0.1) is 0 Å². The Morgan fingerprint density at radius 2 is 1.93 bits per heavy atom. The van der Waals surface area contributed by atoms with Crippen LogP contribution in [-0.4, -0.2) is 28.8 Å². The van der Waals surface area contributed by atoms with Crippen molar-refractivity contribution in [3.8, 4) is 0 Å². The molecule has 0 aliphatic carbocycles. The van der Waals surface area contributed by atoms with E-state index in [9.17, 15) is 9.59 Å². The van der Waals surface area contributed by atoms with E-state index in [2.05, 4.69) is 5.32 Å². The molecule has 0 rings (SSSR count). The van der Waals surface area contributed by atoms with Gasteiger partial charge in [-0.25, -0.2) is 9.59 Å². The summed E-state index contributed by atoms with van der Waals surface area (Å²) in [7, 11) is 0. The molecule has 0 saturated heterocycles. The number of alkyl carbamates (subject to hydrolysis) is 1. The van der Waals surface area contributed by atoms with Gasteiger partial charge >= 0.3 is 12.1 Å². The molecule has 0 aromatic rings. The molecule has 15 heavy (non-hydrogen) atoms. The molecule has 1 amide bonds. The largest absolute Gasteiger partial charge is 0.478 e. The first-order valence-electron chi connectivity index (χ1n) is 4.61. The van der Waals surface area contributed by atoms with E-state index in [4.69, 9.17) is 9.84 Å². The van der Waals surface area contributed by atoms with Gasteiger partial charge in [0.25, 0.3) is 0 Å². The molecule has 0 aliphatic heterocycles. The summed E-state index contributed by atoms with van der Waals surface area (Å²) in [4.78, 5) is 21.4. The first-order valence-corrected chi connectivity index (χ1v) is 4.61. The minimum absolute atomic E-state index is 0.379. The maximum Gasteiger partial charge on any atom is 0.408 e. The van der Waals surface area contributed by atoms with Crippen LogP contribution in [0.2, 0.25) is 0 Å². The molecule has 0 bridgehead atoms. The average Bonchev–Trinajstić information content (AvgIpc) is 1.96. The van der Waals surface area contributed by atoms with E-state index in [1.165, 1.54) is 6.08 Å². The number of carboxylic acid groups (broad SMARTS) is 1. The van der Waals surface area contributed by atoms with Gasteiger partial charge in [0.2, 0.25) is 0 Å². The molecule has 0 heterocycles. The van der Waals surface area contributed by atoms with Gasteiger partial charge in [0, 0.05) is 12.1 Å². The summed E-state index contributed by atoms with van der Waals surface area (Å²) in [5, 5.41) is 10.8. The predicted octanol–water partition coefficient (Wildman–Crippen LogP) is 1.54. The highest BCUT2D eigenvalue weighted by atomic mass is 16.6. The van der Waals surface area contributed by atoms with E-state index in [1.807, 2.05) is 0 Å². The second-order valence-corrected chi connectivity index (χ2v) is 4.13. The molecule has 0 fully saturated rings. The summed E-state index contributed by atoms with van der Waals surface area (Å²) in [6, 6.07) is -0.379. The fraction of sp³-hybridized carbons (Fsp3) is 0.600. The molecular formula is C10H17NO4. The number of ether oxygens (including phenoxy) is 1. The predicted molar refractivity (Wildman–Crippen MR) is 55.6 cm³/mol. The molecule has 5 nitrogen and oxygen atoms in total. The Morgan fingerprint density at radius 1 is 1.40 bits per heavy atom. The Morgan fingerprint density at radius 3 is 2.33 bits per heavy atom. The van der Waals surface area contributed by atoms with Crippen LogP contribution < -0.4 is 5.32 Å². The van der Waals surface area contributed by atoms with Gasteiger partial charge in [-0.15, -0.1) is 0 Å². The maximum atomic E-state index is 11.2. The van der Waals surface area contributed by atoms with Crippen molar-refractivity contribution in [3.63, 3.8) is 0 Å². The van der Waals surface area contributed by atoms with Crippen LogP contribution in [-0.2, 0) is 9.53 Å². The van der Waals surface area contributed by atoms with Crippen molar-refractivity contribution in [3.05, 3.63) is 12.2 Å². The van der Waals surface area contributed by atoms with Gasteiger partial charge in [-0.05, 0) is 27.7 Å². The molecule has 0 unspecified atom stereocenters. The fourth-order valence-electron chi connectivity index (χ4n) is 0.768. The van der Waals surface area contributed by atoms with Crippen molar-refractivity contribution >= 4 is 12.1 Å². The van der Waals surface area contributed by atoms with Crippen LogP contribution in [0, 0.1) is 0 Å². The summed E-state index contributed by atoms with van der Waals surface area (Å²) in [6.07, 6.45) is 1.78. The minimum atomic E-state index is -1.05. The Balaban J connectivity index is 4.02. The third-order valence-electron chi connectivity index (χ3n) is 1.27. The van der Waals surface area contributed by atoms with Crippen LogP contribution in [0.4, 0.5) is 4.79 Å². The Kier molecular flexibility index (Phi) is 4.84. The number of hydrogen-bond acceptors (Lipinski definition) is 3. The average molecular weight is 215 g/mol. The number of nitrogens with one attached hydrogen (secondary N) is 1. The van der Waals surface area contributed by atoms with Gasteiger partial charge in [-0.3, -0.25) is 0 Å². The molecule has 0 aliphatic rings. The fourth-order valence-corrected chi connectivity index (χ4v) is 0.768. The SMILES string of the molecule is C[C@H](C=CC(=O)O)NC(=O)OC(C)(C)C. The van der Waals surface area contributed by atoms with Gasteiger partial charge in [0.1, 0.15) is 5.60 Å². The summed E-state index contributed by atoms with van der Waals surface area (Å²) < 4.78 is 4.98. The van der Waals surface area contributed by atoms with Crippen LogP contribution in [0.3, 0.4) is 0 Å². The first-order chi connectivity index (χ1) is 6.70. The summed E-state index contributed by atoms with van der Waals surface area (Å²) in [5.41, 5.74) is -0.555. The molecule has 1 atom stereocenters. The zero-order valence-corrected chi connectivity index (χ0v) is 9.40. The number of hydrogen-bond donors (Lipinski definition) is 2. The van der Waals surface area contributed by atoms with E-state index in [-0.39, 0.29) is 6.04 Å². The van der Waals surface area contributed by atoms with E-state index in [1.54, 1.807) is 27.7 Å². The van der Waals surface area contributed by atoms with Crippen LogP contribution in [0.25, 0.3) is 0 Å². The van der Waals surface area contributed by atoms with Crippen molar-refractivity contribution < 1.29 is 19.4 Å². The summed E-state index contributed by atoms with van der Waals surface area (Å²) >= 11 is 0. The quantitative estimate of drug-likeness (QED) is 0.700. The lowest BCUT2D eigenvalue weighted by molar-refractivity contribution is -0.131. The lowest BCUT2D eigenvalue weighted by Crippen LogP contribution is -2.36. The number of carboxylic acids is 1. The normalized spacial score (nSPS) is 13.6. The highest BCUT2D eigenvalue weighted by molar-refractivity contribution is 5.80. The highest BCUT2D eigenvalue weighted by Gasteiger charge is 2.16. The van der Waals surface area contributed by atoms with E-state index < -0.39 is 17.7 Å². The second-order valence-electron chi connectivity index (χ2n) is 4.13. The Bertz CT molecular complexity index is 265. The molecule has 0 aromatic heterocycles. The smallest absolute Gasteiger partial charge is 0.408 e. The van der Waals surface area contributed by atoms with Crippen molar-refractivity contribution in [2.24, 2.45) is 0 Å². The lowest BCUT2D eigenvalue weighted by atomic mass is 10.2. The third-order valence-corrected chi connectivity index (χ3v) is 1.27. The summed E-state index contributed by atoms with van der Waals surface area (Å²) in [5.74, 6) is -1.05. The number of rotatable bonds is 3. The number of amides is 1. The van der Waals surface area contributed by atoms with E-state index in [0.717, 1.165) is 6.08 Å². The first kappa shape index (κ1) is 13.5. The van der Waals surface area contributed by atoms with Crippen LogP contribution >= 0.6 is 0 Å². The lowest BCUT2D eigenvalue weighted by Gasteiger charge is -2.20. The van der Waals surface area contributed by atoms with Crippen LogP contribution in [0.1, 0.15) is 27.7 Å². The second kappa shape index (κ2) is 5.38. The monoisotopic (exact) mass is 215 g/mol. The van der Waals surface area contributed by atoms with Gasteiger partial charge < -0.3 is 15.2 Å². The van der Waals surface area contributed by atoms with E-state index in [0.29, 0.717) is 0 Å². The minimum Gasteiger partial charge on any atom is -0.478 e. The molecule has 0 aromatic carbocycles. The zero-order chi connectivity index (χ0) is 12.1. The molecule has 2 N–H and O–H groups in total.